The van der Waals surface area contributed by atoms with Crippen molar-refractivity contribution in [2.75, 3.05) is 6.54 Å². The van der Waals surface area contributed by atoms with Gasteiger partial charge in [-0.2, -0.15) is 5.10 Å². The zero-order valence-electron chi connectivity index (χ0n) is 19.5. The summed E-state index contributed by atoms with van der Waals surface area (Å²) in [6.45, 7) is 8.13. The number of fused-ring (bicyclic) bond motifs is 1. The first-order valence-electron chi connectivity index (χ1n) is 10.9. The van der Waals surface area contributed by atoms with E-state index in [1.54, 1.807) is 29.1 Å². The lowest BCUT2D eigenvalue weighted by Gasteiger charge is -2.11. The average molecular weight is 482 g/mol. The molecule has 0 radical (unpaired) electrons. The molecule has 178 valence electrons. The van der Waals surface area contributed by atoms with E-state index >= 15 is 0 Å². The van der Waals surface area contributed by atoms with Crippen LogP contribution in [0.5, 0.6) is 0 Å². The van der Waals surface area contributed by atoms with Crippen LogP contribution in [0.1, 0.15) is 47.3 Å². The van der Waals surface area contributed by atoms with Crippen LogP contribution in [0.15, 0.2) is 51.9 Å². The molecule has 0 aliphatic carbocycles. The van der Waals surface area contributed by atoms with Crippen LogP contribution in [0.25, 0.3) is 22.3 Å². The van der Waals surface area contributed by atoms with E-state index < -0.39 is 10.0 Å². The molecular weight excluding hydrogens is 454 g/mol. The lowest BCUT2D eigenvalue weighted by atomic mass is 10.1. The van der Waals surface area contributed by atoms with Gasteiger partial charge in [0.25, 0.3) is 5.91 Å². The maximum atomic E-state index is 13.2. The fraction of sp³-hybridized carbons (Fsp3) is 0.292. The molecule has 0 atom stereocenters. The van der Waals surface area contributed by atoms with Crippen LogP contribution in [-0.4, -0.2) is 35.6 Å². The zero-order valence-corrected chi connectivity index (χ0v) is 20.3. The number of nitrogens with one attached hydrogen (secondary N) is 1. The Morgan fingerprint density at radius 3 is 2.47 bits per heavy atom. The number of aromatic nitrogens is 3. The number of sulfonamides is 1. The summed E-state index contributed by atoms with van der Waals surface area (Å²) in [7, 11) is -3.73. The second-order valence-corrected chi connectivity index (χ2v) is 10.1. The molecule has 0 aliphatic heterocycles. The fourth-order valence-electron chi connectivity index (χ4n) is 3.87. The molecule has 0 fully saturated rings. The van der Waals surface area contributed by atoms with E-state index in [2.05, 4.69) is 10.4 Å². The summed E-state index contributed by atoms with van der Waals surface area (Å²) in [4.78, 5) is 18.0. The van der Waals surface area contributed by atoms with Gasteiger partial charge in [-0.05, 0) is 63.9 Å². The normalized spacial score (nSPS) is 11.9. The zero-order chi connectivity index (χ0) is 24.6. The van der Waals surface area contributed by atoms with E-state index in [-0.39, 0.29) is 16.8 Å². The molecule has 3 heterocycles. The Labute approximate surface area is 198 Å². The van der Waals surface area contributed by atoms with Gasteiger partial charge in [0.1, 0.15) is 11.5 Å². The number of pyridine rings is 1. The van der Waals surface area contributed by atoms with Crippen molar-refractivity contribution in [3.63, 3.8) is 0 Å². The van der Waals surface area contributed by atoms with Crippen molar-refractivity contribution in [2.45, 2.75) is 45.1 Å². The molecular formula is C24H27N5O4S. The molecule has 10 heteroatoms. The van der Waals surface area contributed by atoms with Crippen molar-refractivity contribution in [1.29, 1.82) is 0 Å². The highest BCUT2D eigenvalue weighted by Gasteiger charge is 2.20. The molecule has 0 spiro atoms. The number of furan rings is 1. The highest BCUT2D eigenvalue weighted by atomic mass is 32.2. The quantitative estimate of drug-likeness (QED) is 0.415. The predicted octanol–water partition coefficient (Wildman–Crippen LogP) is 3.51. The van der Waals surface area contributed by atoms with Crippen molar-refractivity contribution in [2.24, 2.45) is 5.14 Å². The van der Waals surface area contributed by atoms with Crippen LogP contribution in [0.3, 0.4) is 0 Å². The molecule has 0 unspecified atom stereocenters. The van der Waals surface area contributed by atoms with E-state index in [4.69, 9.17) is 14.5 Å². The van der Waals surface area contributed by atoms with Gasteiger partial charge in [-0.1, -0.05) is 12.1 Å². The Balaban J connectivity index is 1.61. The lowest BCUT2D eigenvalue weighted by Crippen LogP contribution is -2.26. The molecule has 0 aliphatic rings. The molecule has 1 amide bonds. The van der Waals surface area contributed by atoms with E-state index in [0.717, 1.165) is 22.6 Å². The first kappa shape index (κ1) is 23.7. The highest BCUT2D eigenvalue weighted by Crippen LogP contribution is 2.30. The van der Waals surface area contributed by atoms with Gasteiger partial charge in [-0.3, -0.25) is 4.79 Å². The monoisotopic (exact) mass is 481 g/mol. The van der Waals surface area contributed by atoms with Crippen LogP contribution in [0.2, 0.25) is 0 Å². The van der Waals surface area contributed by atoms with Gasteiger partial charge in [-0.15, -0.1) is 0 Å². The smallest absolute Gasteiger partial charge is 0.252 e. The molecule has 0 saturated heterocycles. The number of hydrogen-bond donors (Lipinski definition) is 2. The minimum Gasteiger partial charge on any atom is -0.466 e. The second-order valence-electron chi connectivity index (χ2n) is 8.50. The number of rotatable bonds is 7. The molecule has 4 rings (SSSR count). The number of carbonyl (C=O) groups is 1. The molecule has 9 nitrogen and oxygen atoms in total. The van der Waals surface area contributed by atoms with Gasteiger partial charge >= 0.3 is 0 Å². The predicted molar refractivity (Wildman–Crippen MR) is 129 cm³/mol. The van der Waals surface area contributed by atoms with Gasteiger partial charge in [0.2, 0.25) is 10.0 Å². The largest absolute Gasteiger partial charge is 0.466 e. The number of aryl methyl sites for hydroxylation is 2. The van der Waals surface area contributed by atoms with Gasteiger partial charge in [-0.25, -0.2) is 23.2 Å². The first-order chi connectivity index (χ1) is 16.0. The van der Waals surface area contributed by atoms with Crippen molar-refractivity contribution < 1.29 is 17.6 Å². The maximum Gasteiger partial charge on any atom is 0.252 e. The summed E-state index contributed by atoms with van der Waals surface area (Å²) in [5, 5.41) is 13.2. The summed E-state index contributed by atoms with van der Waals surface area (Å²) in [6.07, 6.45) is 2.20. The minimum absolute atomic E-state index is 0.0546. The minimum atomic E-state index is -3.73. The summed E-state index contributed by atoms with van der Waals surface area (Å²) >= 11 is 0. The SMILES string of the molecule is Cc1cc(-c2cc(C(=O)NCCc3ccc(S(N)(=O)=O)cc3)c3cnn(C(C)C)c3n2)c(C)o1. The summed E-state index contributed by atoms with van der Waals surface area (Å²) < 4.78 is 30.3. The fourth-order valence-corrected chi connectivity index (χ4v) is 4.38. The van der Waals surface area contributed by atoms with Crippen molar-refractivity contribution in [3.8, 4) is 11.3 Å². The summed E-state index contributed by atoms with van der Waals surface area (Å²) in [5.41, 5.74) is 3.47. The third kappa shape index (κ3) is 4.73. The van der Waals surface area contributed by atoms with Crippen LogP contribution in [0.4, 0.5) is 0 Å². The number of hydrogen-bond acceptors (Lipinski definition) is 6. The first-order valence-corrected chi connectivity index (χ1v) is 12.4. The lowest BCUT2D eigenvalue weighted by molar-refractivity contribution is 0.0955. The number of nitrogens with two attached hydrogens (primary N) is 1. The van der Waals surface area contributed by atoms with Crippen molar-refractivity contribution >= 4 is 27.0 Å². The molecule has 34 heavy (non-hydrogen) atoms. The standard InChI is InChI=1S/C24H27N5O4S/c1-14(2)29-23-21(13-27-29)20(12-22(28-23)19-11-15(3)33-16(19)4)24(30)26-10-9-17-5-7-18(8-6-17)34(25,31)32/h5-8,11-14H,9-10H2,1-4H3,(H,26,30)(H2,25,31,32). The number of benzene rings is 1. The molecule has 4 aromatic rings. The molecule has 3 N–H and O–H groups in total. The Kier molecular flexibility index (Phi) is 6.28. The van der Waals surface area contributed by atoms with E-state index in [1.165, 1.54) is 12.1 Å². The second kappa shape index (κ2) is 9.03. The van der Waals surface area contributed by atoms with Gasteiger partial charge in [0, 0.05) is 18.2 Å². The number of primary sulfonamides is 1. The topological polar surface area (TPSA) is 133 Å². The Hall–Kier alpha value is -3.50. The molecule has 1 aromatic carbocycles. The van der Waals surface area contributed by atoms with Crippen LogP contribution >= 0.6 is 0 Å². The van der Waals surface area contributed by atoms with Crippen LogP contribution in [-0.2, 0) is 16.4 Å². The Morgan fingerprint density at radius 2 is 1.88 bits per heavy atom. The average Bonchev–Trinajstić information content (AvgIpc) is 3.35. The van der Waals surface area contributed by atoms with Gasteiger partial charge in [0.05, 0.1) is 27.7 Å². The third-order valence-electron chi connectivity index (χ3n) is 5.57. The van der Waals surface area contributed by atoms with Crippen LogP contribution in [0, 0.1) is 13.8 Å². The summed E-state index contributed by atoms with van der Waals surface area (Å²) in [6, 6.07) is 10.0. The van der Waals surface area contributed by atoms with Crippen molar-refractivity contribution in [3.05, 3.63) is 65.2 Å². The summed E-state index contributed by atoms with van der Waals surface area (Å²) in [5.74, 6) is 1.26. The van der Waals surface area contributed by atoms with Crippen molar-refractivity contribution in [1.82, 2.24) is 20.1 Å². The Morgan fingerprint density at radius 1 is 1.18 bits per heavy atom. The Bertz CT molecular complexity index is 1470. The number of amides is 1. The van der Waals surface area contributed by atoms with Gasteiger partial charge < -0.3 is 9.73 Å². The molecule has 3 aromatic heterocycles. The van der Waals surface area contributed by atoms with E-state index in [9.17, 15) is 13.2 Å². The maximum absolute atomic E-state index is 13.2. The number of carbonyl (C=O) groups excluding carboxylic acids is 1. The van der Waals surface area contributed by atoms with Gasteiger partial charge in [0.15, 0.2) is 5.65 Å². The van der Waals surface area contributed by atoms with E-state index in [0.29, 0.717) is 35.3 Å². The number of nitrogens with zero attached hydrogens (tertiary/aromatic N) is 3. The third-order valence-corrected chi connectivity index (χ3v) is 6.50. The molecule has 0 bridgehead atoms. The highest BCUT2D eigenvalue weighted by molar-refractivity contribution is 7.89. The molecule has 0 saturated carbocycles. The van der Waals surface area contributed by atoms with Crippen LogP contribution < -0.4 is 10.5 Å². The van der Waals surface area contributed by atoms with E-state index in [1.807, 2.05) is 33.8 Å².